The van der Waals surface area contributed by atoms with Crippen molar-refractivity contribution >= 4 is 5.97 Å². The van der Waals surface area contributed by atoms with Crippen molar-refractivity contribution in [2.45, 2.75) is 59.0 Å². The van der Waals surface area contributed by atoms with Crippen LogP contribution in [0.3, 0.4) is 0 Å². The second-order valence-electron chi connectivity index (χ2n) is 6.05. The number of esters is 1. The third-order valence-corrected chi connectivity index (χ3v) is 3.83. The molecule has 1 unspecified atom stereocenters. The van der Waals surface area contributed by atoms with E-state index in [0.717, 1.165) is 18.4 Å². The highest BCUT2D eigenvalue weighted by atomic mass is 16.6. The van der Waals surface area contributed by atoms with Crippen molar-refractivity contribution < 1.29 is 24.9 Å². The van der Waals surface area contributed by atoms with E-state index in [1.807, 2.05) is 20.8 Å². The van der Waals surface area contributed by atoms with Crippen molar-refractivity contribution in [1.82, 2.24) is 0 Å². The summed E-state index contributed by atoms with van der Waals surface area (Å²) in [5.41, 5.74) is 0.118. The fourth-order valence-electron chi connectivity index (χ4n) is 1.83. The van der Waals surface area contributed by atoms with Gasteiger partial charge in [0.05, 0.1) is 13.2 Å². The first kappa shape index (κ1) is 20.1. The lowest BCUT2D eigenvalue weighted by atomic mass is 9.95. The van der Waals surface area contributed by atoms with Gasteiger partial charge in [-0.3, -0.25) is 0 Å². The number of allylic oxidation sites excluding steroid dienone is 1. The molecule has 21 heavy (non-hydrogen) atoms. The number of hydrogen-bond donors (Lipinski definition) is 3. The van der Waals surface area contributed by atoms with E-state index in [0.29, 0.717) is 18.4 Å². The molecule has 0 fully saturated rings. The molecule has 5 heteroatoms. The van der Waals surface area contributed by atoms with Crippen LogP contribution in [0.25, 0.3) is 0 Å². The van der Waals surface area contributed by atoms with Gasteiger partial charge in [0, 0.05) is 12.2 Å². The van der Waals surface area contributed by atoms with Crippen LogP contribution in [-0.2, 0) is 9.53 Å². The van der Waals surface area contributed by atoms with E-state index in [4.69, 9.17) is 9.84 Å². The van der Waals surface area contributed by atoms with Gasteiger partial charge in [0.25, 0.3) is 0 Å². The van der Waals surface area contributed by atoms with E-state index in [1.54, 1.807) is 6.92 Å². The highest BCUT2D eigenvalue weighted by Gasteiger charge is 2.33. The molecule has 0 aromatic rings. The van der Waals surface area contributed by atoms with Crippen LogP contribution in [0.4, 0.5) is 0 Å². The van der Waals surface area contributed by atoms with Gasteiger partial charge in [-0.05, 0) is 46.0 Å². The zero-order valence-corrected chi connectivity index (χ0v) is 13.7. The van der Waals surface area contributed by atoms with Crippen LogP contribution in [0.5, 0.6) is 0 Å². The number of aliphatic hydroxyl groups is 3. The summed E-state index contributed by atoms with van der Waals surface area (Å²) >= 11 is 0. The summed E-state index contributed by atoms with van der Waals surface area (Å²) in [5, 5.41) is 28.0. The Morgan fingerprint density at radius 1 is 1.10 bits per heavy atom. The molecule has 0 amide bonds. The molecule has 1 atom stereocenters. The van der Waals surface area contributed by atoms with E-state index in [2.05, 4.69) is 0 Å². The summed E-state index contributed by atoms with van der Waals surface area (Å²) in [6, 6.07) is 0. The zero-order chi connectivity index (χ0) is 16.5. The predicted octanol–water partition coefficient (Wildman–Crippen LogP) is 1.80. The monoisotopic (exact) mass is 302 g/mol. The number of rotatable bonds is 10. The molecular weight excluding hydrogens is 272 g/mol. The molecule has 0 heterocycles. The van der Waals surface area contributed by atoms with Crippen molar-refractivity contribution in [3.05, 3.63) is 11.1 Å². The second kappa shape index (κ2) is 9.92. The Kier molecular flexibility index (Phi) is 9.49. The van der Waals surface area contributed by atoms with Crippen molar-refractivity contribution in [1.29, 1.82) is 0 Å². The molecule has 0 spiro atoms. The molecule has 0 radical (unpaired) electrons. The number of carbonyl (C=O) groups is 1. The van der Waals surface area contributed by atoms with Crippen LogP contribution in [0.15, 0.2) is 11.1 Å². The average Bonchev–Trinajstić information content (AvgIpc) is 2.48. The standard InChI is InChI=1S/C16H30O5/c1-12(2)14(4)15(20)21-16(10-18,11-19)8-6-5-7-13(3)9-17/h13,17-19H,5-11H2,1-4H3. The van der Waals surface area contributed by atoms with E-state index in [1.165, 1.54) is 0 Å². The molecule has 0 aromatic heterocycles. The zero-order valence-electron chi connectivity index (χ0n) is 13.7. The molecular formula is C16H30O5. The maximum absolute atomic E-state index is 12.0. The Bertz CT molecular complexity index is 341. The Hall–Kier alpha value is -0.910. The summed E-state index contributed by atoms with van der Waals surface area (Å²) in [6.07, 6.45) is 2.83. The number of carbonyl (C=O) groups excluding carboxylic acids is 1. The minimum atomic E-state index is -1.23. The van der Waals surface area contributed by atoms with Gasteiger partial charge in [0.1, 0.15) is 0 Å². The Labute approximate surface area is 127 Å². The molecule has 0 saturated heterocycles. The largest absolute Gasteiger partial charge is 0.451 e. The molecule has 0 rings (SSSR count). The summed E-state index contributed by atoms with van der Waals surface area (Å²) in [5.74, 6) is -0.264. The average molecular weight is 302 g/mol. The lowest BCUT2D eigenvalue weighted by Gasteiger charge is -2.30. The molecule has 0 aromatic carbocycles. The number of ether oxygens (including phenoxy) is 1. The second-order valence-corrected chi connectivity index (χ2v) is 6.05. The normalized spacial score (nSPS) is 12.9. The highest BCUT2D eigenvalue weighted by molar-refractivity contribution is 5.88. The van der Waals surface area contributed by atoms with Gasteiger partial charge in [0.15, 0.2) is 5.60 Å². The van der Waals surface area contributed by atoms with Crippen LogP contribution in [0, 0.1) is 5.92 Å². The fourth-order valence-corrected chi connectivity index (χ4v) is 1.83. The van der Waals surface area contributed by atoms with Crippen molar-refractivity contribution in [3.8, 4) is 0 Å². The topological polar surface area (TPSA) is 87.0 Å². The van der Waals surface area contributed by atoms with Crippen LogP contribution in [0.1, 0.15) is 53.4 Å². The Balaban J connectivity index is 4.56. The first-order valence-corrected chi connectivity index (χ1v) is 7.52. The van der Waals surface area contributed by atoms with Crippen molar-refractivity contribution in [2.75, 3.05) is 19.8 Å². The number of hydrogen-bond acceptors (Lipinski definition) is 5. The van der Waals surface area contributed by atoms with Gasteiger partial charge in [-0.15, -0.1) is 0 Å². The van der Waals surface area contributed by atoms with Gasteiger partial charge < -0.3 is 20.1 Å². The Morgan fingerprint density at radius 2 is 1.67 bits per heavy atom. The van der Waals surface area contributed by atoms with Crippen molar-refractivity contribution in [3.63, 3.8) is 0 Å². The fraction of sp³-hybridized carbons (Fsp3) is 0.812. The quantitative estimate of drug-likeness (QED) is 0.325. The maximum atomic E-state index is 12.0. The van der Waals surface area contributed by atoms with Crippen molar-refractivity contribution in [2.24, 2.45) is 5.92 Å². The lowest BCUT2D eigenvalue weighted by molar-refractivity contribution is -0.166. The van der Waals surface area contributed by atoms with E-state index >= 15 is 0 Å². The highest BCUT2D eigenvalue weighted by Crippen LogP contribution is 2.22. The number of aliphatic hydroxyl groups excluding tert-OH is 3. The molecule has 0 aliphatic heterocycles. The Morgan fingerprint density at radius 3 is 2.10 bits per heavy atom. The van der Waals surface area contributed by atoms with E-state index in [-0.39, 0.29) is 12.5 Å². The van der Waals surface area contributed by atoms with Crippen LogP contribution < -0.4 is 0 Å². The first-order chi connectivity index (χ1) is 9.81. The van der Waals surface area contributed by atoms with Crippen LogP contribution in [-0.4, -0.2) is 46.7 Å². The number of unbranched alkanes of at least 4 members (excludes halogenated alkanes) is 1. The minimum Gasteiger partial charge on any atom is -0.451 e. The lowest BCUT2D eigenvalue weighted by Crippen LogP contribution is -2.43. The van der Waals surface area contributed by atoms with Crippen LogP contribution >= 0.6 is 0 Å². The maximum Gasteiger partial charge on any atom is 0.334 e. The van der Waals surface area contributed by atoms with Gasteiger partial charge in [0.2, 0.25) is 0 Å². The minimum absolute atomic E-state index is 0.153. The third kappa shape index (κ3) is 7.07. The third-order valence-electron chi connectivity index (χ3n) is 3.83. The smallest absolute Gasteiger partial charge is 0.334 e. The summed E-state index contributed by atoms with van der Waals surface area (Å²) in [7, 11) is 0. The summed E-state index contributed by atoms with van der Waals surface area (Å²) in [6.45, 7) is 6.60. The van der Waals surface area contributed by atoms with Gasteiger partial charge >= 0.3 is 5.97 Å². The molecule has 3 N–H and O–H groups in total. The van der Waals surface area contributed by atoms with Crippen LogP contribution in [0.2, 0.25) is 0 Å². The predicted molar refractivity (Wildman–Crippen MR) is 81.8 cm³/mol. The molecule has 124 valence electrons. The SMILES string of the molecule is CC(C)=C(C)C(=O)OC(CO)(CO)CCCCC(C)CO. The summed E-state index contributed by atoms with van der Waals surface area (Å²) in [4.78, 5) is 12.0. The van der Waals surface area contributed by atoms with E-state index < -0.39 is 24.8 Å². The molecule has 0 bridgehead atoms. The van der Waals surface area contributed by atoms with Gasteiger partial charge in [-0.25, -0.2) is 4.79 Å². The molecule has 0 saturated carbocycles. The summed E-state index contributed by atoms with van der Waals surface area (Å²) < 4.78 is 5.35. The van der Waals surface area contributed by atoms with E-state index in [9.17, 15) is 15.0 Å². The van der Waals surface area contributed by atoms with Gasteiger partial charge in [-0.2, -0.15) is 0 Å². The first-order valence-electron chi connectivity index (χ1n) is 7.52. The molecule has 5 nitrogen and oxygen atoms in total. The van der Waals surface area contributed by atoms with Gasteiger partial charge in [-0.1, -0.05) is 18.9 Å². The molecule has 0 aliphatic carbocycles. The molecule has 0 aliphatic rings.